The molecule has 0 heterocycles. The zero-order valence-corrected chi connectivity index (χ0v) is 17.6. The van der Waals surface area contributed by atoms with Gasteiger partial charge in [-0.1, -0.05) is 24.3 Å². The van der Waals surface area contributed by atoms with Crippen LogP contribution >= 0.6 is 25.3 Å². The van der Waals surface area contributed by atoms with Crippen molar-refractivity contribution in [3.63, 3.8) is 0 Å². The molecule has 0 unspecified atom stereocenters. The molecule has 0 aromatic heterocycles. The number of hydrogen-bond donors (Lipinski definition) is 2. The molecule has 0 amide bonds. The third-order valence-corrected chi connectivity index (χ3v) is 8.17. The summed E-state index contributed by atoms with van der Waals surface area (Å²) in [5, 5.41) is 0. The van der Waals surface area contributed by atoms with Gasteiger partial charge in [-0.2, -0.15) is 25.3 Å². The normalized spacial score (nSPS) is 12.2. The van der Waals surface area contributed by atoms with Crippen LogP contribution < -0.4 is 0 Å². The Bertz CT molecular complexity index is 837. The third kappa shape index (κ3) is 5.52. The summed E-state index contributed by atoms with van der Waals surface area (Å²) in [6.07, 6.45) is 1.02. The molecule has 0 saturated carbocycles. The average Bonchev–Trinajstić information content (AvgIpc) is 2.65. The molecule has 0 aliphatic rings. The van der Waals surface area contributed by atoms with Gasteiger partial charge in [0.1, 0.15) is 0 Å². The van der Waals surface area contributed by atoms with Gasteiger partial charge in [-0.25, -0.2) is 16.8 Å². The summed E-state index contributed by atoms with van der Waals surface area (Å²) in [5.74, 6) is 1.21. The molecule has 0 bridgehead atoms. The molecule has 26 heavy (non-hydrogen) atoms. The van der Waals surface area contributed by atoms with Gasteiger partial charge in [-0.05, 0) is 59.7 Å². The molecule has 2 aromatic carbocycles. The topological polar surface area (TPSA) is 68.3 Å². The summed E-state index contributed by atoms with van der Waals surface area (Å²) in [4.78, 5) is 0.572. The van der Waals surface area contributed by atoms with Gasteiger partial charge >= 0.3 is 0 Å². The van der Waals surface area contributed by atoms with E-state index in [0.717, 1.165) is 11.1 Å². The van der Waals surface area contributed by atoms with Crippen LogP contribution in [0.1, 0.15) is 12.8 Å². The van der Waals surface area contributed by atoms with Crippen molar-refractivity contribution in [2.24, 2.45) is 0 Å². The highest BCUT2D eigenvalue weighted by Gasteiger charge is 2.15. The summed E-state index contributed by atoms with van der Waals surface area (Å²) in [6.45, 7) is 0. The highest BCUT2D eigenvalue weighted by molar-refractivity contribution is 7.91. The van der Waals surface area contributed by atoms with Crippen LogP contribution in [0.2, 0.25) is 0 Å². The van der Waals surface area contributed by atoms with E-state index < -0.39 is 19.7 Å². The Morgan fingerprint density at radius 1 is 0.577 bits per heavy atom. The molecule has 4 nitrogen and oxygen atoms in total. The van der Waals surface area contributed by atoms with E-state index in [0.29, 0.717) is 24.3 Å². The van der Waals surface area contributed by atoms with Crippen LogP contribution in [0.4, 0.5) is 0 Å². The van der Waals surface area contributed by atoms with Gasteiger partial charge in [0, 0.05) is 0 Å². The first kappa shape index (κ1) is 21.3. The predicted octanol–water partition coefficient (Wildman–Crippen LogP) is 3.54. The Morgan fingerprint density at radius 2 is 0.885 bits per heavy atom. The number of benzene rings is 2. The van der Waals surface area contributed by atoms with Crippen molar-refractivity contribution in [3.05, 3.63) is 48.5 Å². The zero-order chi connectivity index (χ0) is 19.2. The summed E-state index contributed by atoms with van der Waals surface area (Å²) in [6, 6.07) is 13.3. The summed E-state index contributed by atoms with van der Waals surface area (Å²) >= 11 is 8.09. The minimum atomic E-state index is -3.29. The lowest BCUT2D eigenvalue weighted by atomic mass is 10.1. The largest absolute Gasteiger partial charge is 0.224 e. The van der Waals surface area contributed by atoms with Crippen molar-refractivity contribution in [1.29, 1.82) is 0 Å². The molecule has 2 aromatic rings. The summed E-state index contributed by atoms with van der Waals surface area (Å²) in [7, 11) is -6.58. The Kier molecular flexibility index (Phi) is 7.63. The van der Waals surface area contributed by atoms with Crippen LogP contribution in [-0.2, 0) is 19.7 Å². The van der Waals surface area contributed by atoms with Crippen molar-refractivity contribution >= 4 is 44.9 Å². The van der Waals surface area contributed by atoms with E-state index in [1.54, 1.807) is 48.5 Å². The molecular weight excluding hydrogens is 408 g/mol. The number of rotatable bonds is 9. The second-order valence-electron chi connectivity index (χ2n) is 5.84. The van der Waals surface area contributed by atoms with Gasteiger partial charge in [-0.15, -0.1) is 0 Å². The van der Waals surface area contributed by atoms with Gasteiger partial charge < -0.3 is 0 Å². The number of thiol groups is 2. The molecule has 0 aliphatic heterocycles. The van der Waals surface area contributed by atoms with Gasteiger partial charge in [0.25, 0.3) is 0 Å². The summed E-state index contributed by atoms with van der Waals surface area (Å²) in [5.41, 5.74) is 1.66. The fraction of sp³-hybridized carbons (Fsp3) is 0.333. The number of sulfone groups is 2. The molecule has 0 atom stereocenters. The van der Waals surface area contributed by atoms with E-state index in [-0.39, 0.29) is 21.3 Å². The summed E-state index contributed by atoms with van der Waals surface area (Å²) < 4.78 is 48.7. The minimum absolute atomic E-state index is 0.0781. The molecule has 0 radical (unpaired) electrons. The maximum Gasteiger partial charge on any atom is 0.178 e. The van der Waals surface area contributed by atoms with Gasteiger partial charge in [0.2, 0.25) is 0 Å². The monoisotopic (exact) mass is 430 g/mol. The van der Waals surface area contributed by atoms with Crippen LogP contribution in [0.15, 0.2) is 58.3 Å². The SMILES string of the molecule is O=S(=O)(CCCS)c1ccc(-c2ccc(S(=O)(=O)CCCS)cc2)cc1. The Balaban J connectivity index is 2.20. The van der Waals surface area contributed by atoms with E-state index in [1.165, 1.54) is 0 Å². The van der Waals surface area contributed by atoms with Crippen molar-refractivity contribution in [2.45, 2.75) is 22.6 Å². The molecular formula is C18H22O4S4. The van der Waals surface area contributed by atoms with Crippen LogP contribution in [0.5, 0.6) is 0 Å². The first-order chi connectivity index (χ1) is 12.3. The van der Waals surface area contributed by atoms with E-state index in [2.05, 4.69) is 25.3 Å². The first-order valence-corrected chi connectivity index (χ1v) is 12.7. The lowest BCUT2D eigenvalue weighted by molar-refractivity contribution is 0.593. The third-order valence-electron chi connectivity index (χ3n) is 3.90. The maximum absolute atomic E-state index is 12.2. The van der Waals surface area contributed by atoms with E-state index in [9.17, 15) is 16.8 Å². The van der Waals surface area contributed by atoms with Gasteiger partial charge in [-0.3, -0.25) is 0 Å². The van der Waals surface area contributed by atoms with Crippen LogP contribution in [-0.4, -0.2) is 39.8 Å². The maximum atomic E-state index is 12.2. The van der Waals surface area contributed by atoms with Crippen molar-refractivity contribution in [1.82, 2.24) is 0 Å². The Labute approximate surface area is 166 Å². The van der Waals surface area contributed by atoms with Crippen molar-refractivity contribution in [3.8, 4) is 11.1 Å². The molecule has 0 aliphatic carbocycles. The lowest BCUT2D eigenvalue weighted by Gasteiger charge is -2.07. The van der Waals surface area contributed by atoms with Crippen molar-refractivity contribution < 1.29 is 16.8 Å². The fourth-order valence-corrected chi connectivity index (χ4v) is 5.82. The fourth-order valence-electron chi connectivity index (χ4n) is 2.45. The van der Waals surface area contributed by atoms with E-state index in [4.69, 9.17) is 0 Å². The standard InChI is InChI=1S/C18H22O4S4/c19-25(20,13-1-11-23)17-7-3-15(4-8-17)16-5-9-18(10-6-16)26(21,22)14-2-12-24/h3-10,23-24H,1-2,11-14H2. The van der Waals surface area contributed by atoms with Crippen LogP contribution in [0.25, 0.3) is 11.1 Å². The van der Waals surface area contributed by atoms with Crippen molar-refractivity contribution in [2.75, 3.05) is 23.0 Å². The number of hydrogen-bond acceptors (Lipinski definition) is 6. The van der Waals surface area contributed by atoms with Crippen LogP contribution in [0, 0.1) is 0 Å². The molecule has 0 N–H and O–H groups in total. The average molecular weight is 431 g/mol. The minimum Gasteiger partial charge on any atom is -0.224 e. The Hall–Kier alpha value is -0.960. The van der Waals surface area contributed by atoms with Gasteiger partial charge in [0.05, 0.1) is 21.3 Å². The van der Waals surface area contributed by atoms with Crippen LogP contribution in [0.3, 0.4) is 0 Å². The molecule has 0 spiro atoms. The quantitative estimate of drug-likeness (QED) is 0.597. The smallest absolute Gasteiger partial charge is 0.178 e. The lowest BCUT2D eigenvalue weighted by Crippen LogP contribution is -2.07. The Morgan fingerprint density at radius 3 is 1.15 bits per heavy atom. The highest BCUT2D eigenvalue weighted by Crippen LogP contribution is 2.24. The second kappa shape index (κ2) is 9.30. The van der Waals surface area contributed by atoms with E-state index >= 15 is 0 Å². The molecule has 142 valence electrons. The zero-order valence-electron chi connectivity index (χ0n) is 14.2. The highest BCUT2D eigenvalue weighted by atomic mass is 32.2. The second-order valence-corrected chi connectivity index (χ2v) is 11.0. The molecule has 2 rings (SSSR count). The predicted molar refractivity (Wildman–Crippen MR) is 113 cm³/mol. The molecule has 0 fully saturated rings. The van der Waals surface area contributed by atoms with Gasteiger partial charge in [0.15, 0.2) is 19.7 Å². The molecule has 0 saturated heterocycles. The van der Waals surface area contributed by atoms with E-state index in [1.807, 2.05) is 0 Å². The molecule has 8 heteroatoms. The first-order valence-electron chi connectivity index (χ1n) is 8.18.